The molecule has 1 atom stereocenters. The lowest BCUT2D eigenvalue weighted by Gasteiger charge is -2.26. The van der Waals surface area contributed by atoms with Crippen LogP contribution in [0.25, 0.3) is 0 Å². The molecule has 1 unspecified atom stereocenters. The molecule has 1 N–H and O–H groups in total. The first kappa shape index (κ1) is 11.4. The summed E-state index contributed by atoms with van der Waals surface area (Å²) in [6, 6.07) is 4.49. The van der Waals surface area contributed by atoms with Crippen LogP contribution in [0.4, 0.5) is 0 Å². The fourth-order valence-corrected chi connectivity index (χ4v) is 2.18. The summed E-state index contributed by atoms with van der Waals surface area (Å²) in [5.41, 5.74) is 3.83. The molecule has 3 heteroatoms. The maximum atomic E-state index is 5.49. The van der Waals surface area contributed by atoms with Crippen LogP contribution in [0.2, 0.25) is 0 Å². The van der Waals surface area contributed by atoms with Gasteiger partial charge in [-0.2, -0.15) is 0 Å². The number of methoxy groups -OCH3 is 1. The minimum atomic E-state index is 0.318. The molecule has 2 rings (SSSR count). The Labute approximate surface area is 96.8 Å². The van der Waals surface area contributed by atoms with Crippen molar-refractivity contribution >= 4 is 0 Å². The van der Waals surface area contributed by atoms with Gasteiger partial charge in [0.15, 0.2) is 0 Å². The molecule has 1 heterocycles. The third-order valence-corrected chi connectivity index (χ3v) is 3.30. The summed E-state index contributed by atoms with van der Waals surface area (Å²) in [5, 5.41) is 3.48. The lowest BCUT2D eigenvalue weighted by atomic mass is 9.96. The second kappa shape index (κ2) is 4.85. The average Bonchev–Trinajstić information content (AvgIpc) is 2.34. The Morgan fingerprint density at radius 3 is 2.75 bits per heavy atom. The molecule has 1 aromatic rings. The topological polar surface area (TPSA) is 30.5 Å². The number of rotatable bonds is 2. The van der Waals surface area contributed by atoms with Crippen LogP contribution in [0.5, 0.6) is 5.75 Å². The zero-order valence-electron chi connectivity index (χ0n) is 10.2. The molecule has 1 saturated heterocycles. The Kier molecular flexibility index (Phi) is 3.46. The number of ether oxygens (including phenoxy) is 2. The smallest absolute Gasteiger partial charge is 0.122 e. The highest BCUT2D eigenvalue weighted by Gasteiger charge is 2.18. The van der Waals surface area contributed by atoms with Crippen LogP contribution in [0.1, 0.15) is 22.7 Å². The SMILES string of the molecule is COc1ccc(C2COCCN2)c(C)c1C. The molecule has 88 valence electrons. The summed E-state index contributed by atoms with van der Waals surface area (Å²) in [6.45, 7) is 6.73. The van der Waals surface area contributed by atoms with Crippen molar-refractivity contribution in [3.63, 3.8) is 0 Å². The van der Waals surface area contributed by atoms with E-state index in [1.54, 1.807) is 7.11 Å². The molecule has 0 spiro atoms. The fourth-order valence-electron chi connectivity index (χ4n) is 2.18. The molecular weight excluding hydrogens is 202 g/mol. The second-order valence-electron chi connectivity index (χ2n) is 4.19. The van der Waals surface area contributed by atoms with E-state index in [1.165, 1.54) is 16.7 Å². The van der Waals surface area contributed by atoms with E-state index in [4.69, 9.17) is 9.47 Å². The van der Waals surface area contributed by atoms with Gasteiger partial charge >= 0.3 is 0 Å². The zero-order chi connectivity index (χ0) is 11.5. The minimum absolute atomic E-state index is 0.318. The molecule has 0 aromatic heterocycles. The van der Waals surface area contributed by atoms with Gasteiger partial charge in [-0.3, -0.25) is 0 Å². The van der Waals surface area contributed by atoms with E-state index < -0.39 is 0 Å². The summed E-state index contributed by atoms with van der Waals surface area (Å²) in [7, 11) is 1.71. The van der Waals surface area contributed by atoms with Crippen molar-refractivity contribution in [3.05, 3.63) is 28.8 Å². The van der Waals surface area contributed by atoms with Crippen molar-refractivity contribution < 1.29 is 9.47 Å². The van der Waals surface area contributed by atoms with E-state index in [0.717, 1.165) is 25.5 Å². The molecule has 0 radical (unpaired) electrons. The molecule has 1 aromatic carbocycles. The van der Waals surface area contributed by atoms with Crippen LogP contribution in [0, 0.1) is 13.8 Å². The molecule has 0 amide bonds. The third-order valence-electron chi connectivity index (χ3n) is 3.30. The van der Waals surface area contributed by atoms with Crippen molar-refractivity contribution in [2.24, 2.45) is 0 Å². The van der Waals surface area contributed by atoms with Gasteiger partial charge in [-0.05, 0) is 36.6 Å². The Bertz CT molecular complexity index is 370. The van der Waals surface area contributed by atoms with Gasteiger partial charge in [0.1, 0.15) is 5.75 Å². The van der Waals surface area contributed by atoms with Crippen molar-refractivity contribution in [1.82, 2.24) is 5.32 Å². The number of morpholine rings is 1. The summed E-state index contributed by atoms with van der Waals surface area (Å²) in [6.07, 6.45) is 0. The number of benzene rings is 1. The Morgan fingerprint density at radius 2 is 2.12 bits per heavy atom. The largest absolute Gasteiger partial charge is 0.496 e. The normalized spacial score (nSPS) is 20.8. The fraction of sp³-hybridized carbons (Fsp3) is 0.538. The van der Waals surface area contributed by atoms with Crippen LogP contribution >= 0.6 is 0 Å². The molecule has 3 nitrogen and oxygen atoms in total. The Hall–Kier alpha value is -1.06. The molecule has 16 heavy (non-hydrogen) atoms. The Morgan fingerprint density at radius 1 is 1.31 bits per heavy atom. The molecule has 1 fully saturated rings. The van der Waals surface area contributed by atoms with Gasteiger partial charge in [0.05, 0.1) is 26.4 Å². The maximum Gasteiger partial charge on any atom is 0.122 e. The lowest BCUT2D eigenvalue weighted by Crippen LogP contribution is -2.35. The van der Waals surface area contributed by atoms with E-state index in [0.29, 0.717) is 6.04 Å². The first-order chi connectivity index (χ1) is 7.74. The standard InChI is InChI=1S/C13H19NO2/c1-9-10(2)13(15-3)5-4-11(9)12-8-16-7-6-14-12/h4-5,12,14H,6-8H2,1-3H3. The first-order valence-electron chi connectivity index (χ1n) is 5.69. The lowest BCUT2D eigenvalue weighted by molar-refractivity contribution is 0.0766. The van der Waals surface area contributed by atoms with Crippen LogP contribution < -0.4 is 10.1 Å². The van der Waals surface area contributed by atoms with Gasteiger partial charge in [0.2, 0.25) is 0 Å². The monoisotopic (exact) mass is 221 g/mol. The van der Waals surface area contributed by atoms with Gasteiger partial charge in [-0.15, -0.1) is 0 Å². The van der Waals surface area contributed by atoms with Crippen molar-refractivity contribution in [3.8, 4) is 5.75 Å². The van der Waals surface area contributed by atoms with Gasteiger partial charge in [-0.1, -0.05) is 6.07 Å². The summed E-state index contributed by atoms with van der Waals surface area (Å²) >= 11 is 0. The molecule has 0 bridgehead atoms. The predicted octanol–water partition coefficient (Wildman–Crippen LogP) is 1.97. The van der Waals surface area contributed by atoms with E-state index in [2.05, 4.69) is 25.2 Å². The second-order valence-corrected chi connectivity index (χ2v) is 4.19. The van der Waals surface area contributed by atoms with Crippen LogP contribution in [-0.4, -0.2) is 26.9 Å². The predicted molar refractivity (Wildman–Crippen MR) is 64.0 cm³/mol. The van der Waals surface area contributed by atoms with Crippen molar-refractivity contribution in [2.45, 2.75) is 19.9 Å². The Balaban J connectivity index is 2.30. The number of hydrogen-bond donors (Lipinski definition) is 1. The van der Waals surface area contributed by atoms with Gasteiger partial charge in [-0.25, -0.2) is 0 Å². The van der Waals surface area contributed by atoms with Gasteiger partial charge in [0, 0.05) is 6.54 Å². The van der Waals surface area contributed by atoms with E-state index in [1.807, 2.05) is 6.07 Å². The van der Waals surface area contributed by atoms with Crippen molar-refractivity contribution in [2.75, 3.05) is 26.9 Å². The van der Waals surface area contributed by atoms with E-state index >= 15 is 0 Å². The molecule has 0 aliphatic carbocycles. The van der Waals surface area contributed by atoms with E-state index in [-0.39, 0.29) is 0 Å². The summed E-state index contributed by atoms with van der Waals surface area (Å²) < 4.78 is 10.8. The van der Waals surface area contributed by atoms with Crippen LogP contribution in [0.3, 0.4) is 0 Å². The summed E-state index contributed by atoms with van der Waals surface area (Å²) in [4.78, 5) is 0. The minimum Gasteiger partial charge on any atom is -0.496 e. The molecule has 1 aliphatic heterocycles. The highest BCUT2D eigenvalue weighted by Crippen LogP contribution is 2.28. The van der Waals surface area contributed by atoms with E-state index in [9.17, 15) is 0 Å². The average molecular weight is 221 g/mol. The highest BCUT2D eigenvalue weighted by atomic mass is 16.5. The maximum absolute atomic E-state index is 5.49. The van der Waals surface area contributed by atoms with Gasteiger partial charge in [0.25, 0.3) is 0 Å². The van der Waals surface area contributed by atoms with Gasteiger partial charge < -0.3 is 14.8 Å². The molecular formula is C13H19NO2. The van der Waals surface area contributed by atoms with Crippen LogP contribution in [0.15, 0.2) is 12.1 Å². The molecule has 1 aliphatic rings. The quantitative estimate of drug-likeness (QED) is 0.828. The number of hydrogen-bond acceptors (Lipinski definition) is 3. The number of nitrogens with one attached hydrogen (secondary N) is 1. The third kappa shape index (κ3) is 2.06. The van der Waals surface area contributed by atoms with Crippen molar-refractivity contribution in [1.29, 1.82) is 0 Å². The van der Waals surface area contributed by atoms with Crippen LogP contribution in [-0.2, 0) is 4.74 Å². The first-order valence-corrected chi connectivity index (χ1v) is 5.69. The zero-order valence-corrected chi connectivity index (χ0v) is 10.2. The molecule has 0 saturated carbocycles. The summed E-state index contributed by atoms with van der Waals surface area (Å²) in [5.74, 6) is 0.956. The highest BCUT2D eigenvalue weighted by molar-refractivity contribution is 5.44.